The van der Waals surface area contributed by atoms with E-state index in [0.717, 1.165) is 48.1 Å². The summed E-state index contributed by atoms with van der Waals surface area (Å²) in [5, 5.41) is 0. The Kier molecular flexibility index (Phi) is 21.7. The van der Waals surface area contributed by atoms with Gasteiger partial charge in [-0.05, 0) is 72.4 Å². The van der Waals surface area contributed by atoms with Crippen molar-refractivity contribution < 1.29 is 23.8 Å². The van der Waals surface area contributed by atoms with E-state index in [1.54, 1.807) is 12.2 Å². The fraction of sp³-hybridized carbons (Fsp3) is 0.550. The lowest BCUT2D eigenvalue weighted by Crippen LogP contribution is -2.11. The monoisotopic (exact) mass is 648 g/mol. The first-order valence-electron chi connectivity index (χ1n) is 18.0. The number of rotatable bonds is 28. The molecule has 0 heterocycles. The first kappa shape index (κ1) is 39.8. The van der Waals surface area contributed by atoms with Crippen LogP contribution in [-0.4, -0.2) is 44.5 Å². The second kappa shape index (κ2) is 25.6. The van der Waals surface area contributed by atoms with Gasteiger partial charge in [0.25, 0.3) is 0 Å². The van der Waals surface area contributed by atoms with Crippen molar-refractivity contribution >= 4 is 23.7 Å². The Labute approximate surface area is 284 Å². The first-order chi connectivity index (χ1) is 23.0. The van der Waals surface area contributed by atoms with E-state index in [1.165, 1.54) is 76.4 Å². The average molecular weight is 649 g/mol. The predicted molar refractivity (Wildman–Crippen MR) is 195 cm³/mol. The largest absolute Gasteiger partial charge is 0.492 e. The molecule has 0 atom stereocenters. The zero-order valence-corrected chi connectivity index (χ0v) is 29.1. The van der Waals surface area contributed by atoms with Crippen molar-refractivity contribution in [3.63, 3.8) is 0 Å². The molecule has 0 unspecified atom stereocenters. The van der Waals surface area contributed by atoms with Gasteiger partial charge in [-0.3, -0.25) is 9.59 Å². The molecule has 47 heavy (non-hydrogen) atoms. The van der Waals surface area contributed by atoms with Crippen LogP contribution in [0.4, 0.5) is 0 Å². The van der Waals surface area contributed by atoms with Crippen LogP contribution in [0.2, 0.25) is 0 Å². The Balaban J connectivity index is 1.94. The van der Waals surface area contributed by atoms with Crippen molar-refractivity contribution in [3.05, 3.63) is 65.2 Å². The fourth-order valence-corrected chi connectivity index (χ4v) is 5.24. The standard InChI is InChI=1S/C40H60N2O5/c1-3-5-7-9-11-12-14-16-35-30-33(19-23-38(35)46-28-25-41)17-21-36(43)32-37(44)22-18-34-20-24-39(47-29-26-42)40(31-34)45-27-15-13-10-8-6-4-2/h17-24,30-31H,3-16,25-29,32,41-42H2,1-2H3/b21-17+,22-18+. The summed E-state index contributed by atoms with van der Waals surface area (Å²) in [7, 11) is 0. The molecule has 0 aromatic heterocycles. The maximum atomic E-state index is 12.7. The molecule has 0 bridgehead atoms. The number of carbonyl (C=O) groups is 2. The van der Waals surface area contributed by atoms with Gasteiger partial charge in [-0.2, -0.15) is 0 Å². The van der Waals surface area contributed by atoms with Gasteiger partial charge in [0.05, 0.1) is 13.0 Å². The number of aryl methyl sites for hydroxylation is 1. The highest BCUT2D eigenvalue weighted by Crippen LogP contribution is 2.29. The SMILES string of the molecule is CCCCCCCCCc1cc(/C=C/C(=O)CC(=O)/C=C/c2ccc(OCCN)c(OCCCCCCCC)c2)ccc1OCCN. The Bertz CT molecular complexity index is 1130. The molecular weight excluding hydrogens is 588 g/mol. The van der Waals surface area contributed by atoms with Crippen molar-refractivity contribution in [2.75, 3.05) is 32.9 Å². The van der Waals surface area contributed by atoms with E-state index < -0.39 is 0 Å². The summed E-state index contributed by atoms with van der Waals surface area (Å²) in [6, 6.07) is 11.5. The van der Waals surface area contributed by atoms with Crippen LogP contribution in [-0.2, 0) is 16.0 Å². The molecule has 2 aromatic rings. The summed E-state index contributed by atoms with van der Waals surface area (Å²) in [6.07, 6.45) is 22.9. The number of allylic oxidation sites excluding steroid dienone is 2. The number of nitrogens with two attached hydrogens (primary N) is 2. The number of hydrogen-bond donors (Lipinski definition) is 2. The lowest BCUT2D eigenvalue weighted by Gasteiger charge is -2.13. The van der Waals surface area contributed by atoms with Gasteiger partial charge in [-0.25, -0.2) is 0 Å². The van der Waals surface area contributed by atoms with E-state index in [0.29, 0.717) is 44.4 Å². The molecule has 7 nitrogen and oxygen atoms in total. The lowest BCUT2D eigenvalue weighted by molar-refractivity contribution is -0.121. The van der Waals surface area contributed by atoms with Gasteiger partial charge >= 0.3 is 0 Å². The molecule has 0 aliphatic carbocycles. The zero-order valence-electron chi connectivity index (χ0n) is 29.1. The van der Waals surface area contributed by atoms with E-state index in [9.17, 15) is 9.59 Å². The van der Waals surface area contributed by atoms with Crippen molar-refractivity contribution in [3.8, 4) is 17.2 Å². The molecule has 0 aliphatic rings. The Morgan fingerprint density at radius 2 is 1.06 bits per heavy atom. The molecule has 0 fully saturated rings. The van der Waals surface area contributed by atoms with E-state index in [1.807, 2.05) is 30.3 Å². The van der Waals surface area contributed by atoms with Crippen molar-refractivity contribution in [2.45, 2.75) is 110 Å². The lowest BCUT2D eigenvalue weighted by atomic mass is 10.0. The summed E-state index contributed by atoms with van der Waals surface area (Å²) in [4.78, 5) is 25.3. The summed E-state index contributed by atoms with van der Waals surface area (Å²) < 4.78 is 17.7. The predicted octanol–water partition coefficient (Wildman–Crippen LogP) is 8.65. The first-order valence-corrected chi connectivity index (χ1v) is 18.0. The van der Waals surface area contributed by atoms with Crippen LogP contribution < -0.4 is 25.7 Å². The molecule has 2 aromatic carbocycles. The number of benzene rings is 2. The normalized spacial score (nSPS) is 11.4. The maximum Gasteiger partial charge on any atom is 0.163 e. The van der Waals surface area contributed by atoms with Crippen LogP contribution in [0.15, 0.2) is 48.6 Å². The highest BCUT2D eigenvalue weighted by molar-refractivity contribution is 6.10. The quantitative estimate of drug-likeness (QED) is 0.0539. The van der Waals surface area contributed by atoms with Gasteiger partial charge in [0, 0.05) is 13.1 Å². The van der Waals surface area contributed by atoms with Crippen molar-refractivity contribution in [1.29, 1.82) is 0 Å². The van der Waals surface area contributed by atoms with Gasteiger partial charge in [0.2, 0.25) is 0 Å². The second-order valence-corrected chi connectivity index (χ2v) is 12.1. The summed E-state index contributed by atoms with van der Waals surface area (Å²) in [6.45, 7) is 6.77. The number of hydrogen-bond acceptors (Lipinski definition) is 7. The summed E-state index contributed by atoms with van der Waals surface area (Å²) in [5.41, 5.74) is 14.1. The molecule has 0 radical (unpaired) electrons. The van der Waals surface area contributed by atoms with Crippen LogP contribution in [0.1, 0.15) is 120 Å². The smallest absolute Gasteiger partial charge is 0.163 e. The molecule has 0 spiro atoms. The van der Waals surface area contributed by atoms with Gasteiger partial charge in [-0.1, -0.05) is 109 Å². The van der Waals surface area contributed by atoms with E-state index >= 15 is 0 Å². The maximum absolute atomic E-state index is 12.7. The molecule has 4 N–H and O–H groups in total. The van der Waals surface area contributed by atoms with E-state index in [-0.39, 0.29) is 18.0 Å². The molecule has 0 aliphatic heterocycles. The molecule has 2 rings (SSSR count). The molecule has 260 valence electrons. The topological polar surface area (TPSA) is 114 Å². The van der Waals surface area contributed by atoms with Crippen LogP contribution in [0, 0.1) is 0 Å². The third-order valence-electron chi connectivity index (χ3n) is 7.88. The minimum absolute atomic E-state index is 0.200. The van der Waals surface area contributed by atoms with E-state index in [4.69, 9.17) is 25.7 Å². The number of ketones is 2. The summed E-state index contributed by atoms with van der Waals surface area (Å²) in [5.74, 6) is 1.61. The highest BCUT2D eigenvalue weighted by atomic mass is 16.5. The highest BCUT2D eigenvalue weighted by Gasteiger charge is 2.09. The van der Waals surface area contributed by atoms with Gasteiger partial charge in [-0.15, -0.1) is 0 Å². The molecule has 7 heteroatoms. The number of unbranched alkanes of at least 4 members (excludes halogenated alkanes) is 11. The second-order valence-electron chi connectivity index (χ2n) is 12.1. The van der Waals surface area contributed by atoms with E-state index in [2.05, 4.69) is 19.9 Å². The van der Waals surface area contributed by atoms with Crippen molar-refractivity contribution in [1.82, 2.24) is 0 Å². The van der Waals surface area contributed by atoms with Gasteiger partial charge in [0.15, 0.2) is 23.1 Å². The number of ether oxygens (including phenoxy) is 3. The van der Waals surface area contributed by atoms with Crippen LogP contribution >= 0.6 is 0 Å². The average Bonchev–Trinajstić information content (AvgIpc) is 3.08. The third-order valence-corrected chi connectivity index (χ3v) is 7.88. The molecular formula is C40H60N2O5. The Morgan fingerprint density at radius 3 is 1.66 bits per heavy atom. The van der Waals surface area contributed by atoms with Gasteiger partial charge in [0.1, 0.15) is 19.0 Å². The van der Waals surface area contributed by atoms with Crippen LogP contribution in [0.5, 0.6) is 17.2 Å². The summed E-state index contributed by atoms with van der Waals surface area (Å²) >= 11 is 0. The fourth-order valence-electron chi connectivity index (χ4n) is 5.24. The third kappa shape index (κ3) is 17.9. The van der Waals surface area contributed by atoms with Crippen molar-refractivity contribution in [2.24, 2.45) is 11.5 Å². The Morgan fingerprint density at radius 1 is 0.574 bits per heavy atom. The number of carbonyl (C=O) groups excluding carboxylic acids is 2. The molecule has 0 saturated heterocycles. The Hall–Kier alpha value is -3.42. The van der Waals surface area contributed by atoms with Crippen LogP contribution in [0.25, 0.3) is 12.2 Å². The van der Waals surface area contributed by atoms with Gasteiger partial charge < -0.3 is 25.7 Å². The van der Waals surface area contributed by atoms with Crippen LogP contribution in [0.3, 0.4) is 0 Å². The minimum Gasteiger partial charge on any atom is -0.492 e. The zero-order chi connectivity index (χ0) is 34.0. The molecule has 0 saturated carbocycles. The molecule has 0 amide bonds. The minimum atomic E-state index is -0.261.